The number of benzene rings is 3. The molecule has 0 unspecified atom stereocenters. The van der Waals surface area contributed by atoms with Gasteiger partial charge in [0.1, 0.15) is 11.6 Å². The summed E-state index contributed by atoms with van der Waals surface area (Å²) in [6.07, 6.45) is -9.77. The fourth-order valence-electron chi connectivity index (χ4n) is 3.72. The molecule has 1 aromatic heterocycles. The molecule has 0 spiro atoms. The summed E-state index contributed by atoms with van der Waals surface area (Å²) in [5.41, 5.74) is -2.11. The van der Waals surface area contributed by atoms with Crippen LogP contribution in [0.1, 0.15) is 11.1 Å². The molecule has 3 aromatic carbocycles. The first-order chi connectivity index (χ1) is 17.0. The van der Waals surface area contributed by atoms with E-state index in [1.165, 1.54) is 18.3 Å². The number of nitrogens with two attached hydrogens (primary N) is 2. The van der Waals surface area contributed by atoms with Gasteiger partial charge in [0.25, 0.3) is 0 Å². The predicted molar refractivity (Wildman–Crippen MR) is 116 cm³/mol. The molecule has 4 N–H and O–H groups in total. The summed E-state index contributed by atoms with van der Waals surface area (Å²) in [5.74, 6) is -3.03. The van der Waals surface area contributed by atoms with Crippen LogP contribution in [0.15, 0.2) is 53.6 Å². The molecule has 37 heavy (non-hydrogen) atoms. The van der Waals surface area contributed by atoms with Gasteiger partial charge < -0.3 is 5.73 Å². The van der Waals surface area contributed by atoms with Gasteiger partial charge >= 0.3 is 12.4 Å². The van der Waals surface area contributed by atoms with Crippen molar-refractivity contribution in [3.05, 3.63) is 71.4 Å². The third-order valence-electron chi connectivity index (χ3n) is 5.29. The predicted octanol–water partition coefficient (Wildman–Crippen LogP) is 5.51. The highest BCUT2D eigenvalue weighted by Crippen LogP contribution is 2.46. The quantitative estimate of drug-likeness (QED) is 0.328. The SMILES string of the molecule is Nc1ncc2cc(-c3c(F)ccc(-c4c(C(F)(F)F)cc(C(F)(F)F)cc4S(N)(=O)=O)c3F)ccc2n1. The number of hydrogen-bond acceptors (Lipinski definition) is 5. The van der Waals surface area contributed by atoms with E-state index in [0.717, 1.165) is 6.07 Å². The molecule has 0 saturated carbocycles. The zero-order valence-electron chi connectivity index (χ0n) is 17.9. The number of primary sulfonamides is 1. The Labute approximate surface area is 202 Å². The Balaban J connectivity index is 2.09. The van der Waals surface area contributed by atoms with Crippen LogP contribution in [0.25, 0.3) is 33.2 Å². The lowest BCUT2D eigenvalue weighted by molar-refractivity contribution is -0.143. The number of anilines is 1. The summed E-state index contributed by atoms with van der Waals surface area (Å²) in [5, 5.41) is 5.18. The summed E-state index contributed by atoms with van der Waals surface area (Å²) >= 11 is 0. The van der Waals surface area contributed by atoms with Crippen LogP contribution in [0.3, 0.4) is 0 Å². The van der Waals surface area contributed by atoms with Crippen molar-refractivity contribution in [2.24, 2.45) is 5.14 Å². The van der Waals surface area contributed by atoms with Crippen molar-refractivity contribution in [1.82, 2.24) is 9.97 Å². The topological polar surface area (TPSA) is 112 Å². The van der Waals surface area contributed by atoms with Crippen LogP contribution in [0.5, 0.6) is 0 Å². The van der Waals surface area contributed by atoms with Crippen molar-refractivity contribution in [2.75, 3.05) is 5.73 Å². The Morgan fingerprint density at radius 1 is 0.838 bits per heavy atom. The molecule has 194 valence electrons. The molecular weight excluding hydrogens is 536 g/mol. The van der Waals surface area contributed by atoms with Crippen molar-refractivity contribution in [3.63, 3.8) is 0 Å². The maximum atomic E-state index is 15.7. The molecular formula is C22H12F8N4O2S. The number of hydrogen-bond donors (Lipinski definition) is 2. The van der Waals surface area contributed by atoms with Gasteiger partial charge in [0, 0.05) is 22.7 Å². The molecule has 0 radical (unpaired) electrons. The highest BCUT2D eigenvalue weighted by atomic mass is 32.2. The number of nitrogens with zero attached hydrogens (tertiary/aromatic N) is 2. The Bertz CT molecular complexity index is 1670. The number of sulfonamides is 1. The molecule has 0 amide bonds. The summed E-state index contributed by atoms with van der Waals surface area (Å²) in [6, 6.07) is 4.16. The number of halogens is 8. The van der Waals surface area contributed by atoms with Gasteiger partial charge in [-0.2, -0.15) is 26.3 Å². The molecule has 4 aromatic rings. The van der Waals surface area contributed by atoms with E-state index in [1.807, 2.05) is 0 Å². The first-order valence-electron chi connectivity index (χ1n) is 9.84. The summed E-state index contributed by atoms with van der Waals surface area (Å²) < 4.78 is 136. The molecule has 1 heterocycles. The molecule has 0 bridgehead atoms. The zero-order chi connectivity index (χ0) is 27.5. The molecule has 0 aliphatic rings. The number of alkyl halides is 6. The second-order valence-corrected chi connectivity index (χ2v) is 9.25. The highest BCUT2D eigenvalue weighted by molar-refractivity contribution is 7.89. The Morgan fingerprint density at radius 3 is 2.11 bits per heavy atom. The fraction of sp³-hybridized carbons (Fsp3) is 0.0909. The smallest absolute Gasteiger partial charge is 0.368 e. The van der Waals surface area contributed by atoms with Crippen molar-refractivity contribution in [3.8, 4) is 22.3 Å². The Morgan fingerprint density at radius 2 is 1.51 bits per heavy atom. The lowest BCUT2D eigenvalue weighted by Crippen LogP contribution is -2.20. The van der Waals surface area contributed by atoms with Crippen LogP contribution < -0.4 is 10.9 Å². The van der Waals surface area contributed by atoms with E-state index >= 15 is 4.39 Å². The monoisotopic (exact) mass is 548 g/mol. The summed E-state index contributed by atoms with van der Waals surface area (Å²) in [4.78, 5) is 6.00. The third kappa shape index (κ3) is 4.91. The minimum absolute atomic E-state index is 0.0999. The van der Waals surface area contributed by atoms with Crippen LogP contribution in [0.4, 0.5) is 41.1 Å². The zero-order valence-corrected chi connectivity index (χ0v) is 18.7. The van der Waals surface area contributed by atoms with Gasteiger partial charge in [0.15, 0.2) is 0 Å². The lowest BCUT2D eigenvalue weighted by atomic mass is 9.92. The fourth-order valence-corrected chi connectivity index (χ4v) is 4.51. The summed E-state index contributed by atoms with van der Waals surface area (Å²) in [6.45, 7) is 0. The molecule has 0 fully saturated rings. The van der Waals surface area contributed by atoms with Gasteiger partial charge in [0.05, 0.1) is 27.1 Å². The van der Waals surface area contributed by atoms with Crippen LogP contribution >= 0.6 is 0 Å². The normalized spacial score (nSPS) is 12.8. The van der Waals surface area contributed by atoms with Gasteiger partial charge in [0.2, 0.25) is 16.0 Å². The van der Waals surface area contributed by atoms with Crippen LogP contribution in [0.2, 0.25) is 0 Å². The molecule has 15 heteroatoms. The van der Waals surface area contributed by atoms with Gasteiger partial charge in [-0.15, -0.1) is 0 Å². The molecule has 4 rings (SSSR count). The van der Waals surface area contributed by atoms with E-state index in [2.05, 4.69) is 9.97 Å². The van der Waals surface area contributed by atoms with Crippen LogP contribution in [-0.4, -0.2) is 18.4 Å². The molecule has 0 aliphatic heterocycles. The Kier molecular flexibility index (Phi) is 6.11. The average Bonchev–Trinajstić information content (AvgIpc) is 2.76. The van der Waals surface area contributed by atoms with E-state index in [-0.39, 0.29) is 34.5 Å². The van der Waals surface area contributed by atoms with Crippen LogP contribution in [-0.2, 0) is 22.4 Å². The first-order valence-corrected chi connectivity index (χ1v) is 11.4. The van der Waals surface area contributed by atoms with E-state index in [0.29, 0.717) is 12.1 Å². The van der Waals surface area contributed by atoms with Gasteiger partial charge in [-0.3, -0.25) is 0 Å². The van der Waals surface area contributed by atoms with E-state index in [4.69, 9.17) is 10.9 Å². The summed E-state index contributed by atoms with van der Waals surface area (Å²) in [7, 11) is -5.27. The largest absolute Gasteiger partial charge is 0.417 e. The first kappa shape index (κ1) is 26.2. The standard InChI is InChI=1S/C22H12F8N4O2S/c23-14-3-2-12(19(24)17(14)9-1-4-15-10(5-9)8-33-20(31)34-15)18-13(22(28,29)30)6-11(21(25,26)27)7-16(18)37(32,35)36/h1-8H,(H2,31,33,34)(H2,32,35,36). The van der Waals surface area contributed by atoms with Crippen molar-refractivity contribution in [1.29, 1.82) is 0 Å². The Hall–Kier alpha value is -3.85. The van der Waals surface area contributed by atoms with E-state index in [1.54, 1.807) is 0 Å². The third-order valence-corrected chi connectivity index (χ3v) is 6.22. The van der Waals surface area contributed by atoms with Gasteiger partial charge in [-0.05, 0) is 42.0 Å². The minimum Gasteiger partial charge on any atom is -0.368 e. The minimum atomic E-state index is -5.59. The van der Waals surface area contributed by atoms with Gasteiger partial charge in [-0.1, -0.05) is 6.07 Å². The van der Waals surface area contributed by atoms with Crippen LogP contribution in [0, 0.1) is 11.6 Å². The average molecular weight is 548 g/mol. The van der Waals surface area contributed by atoms with E-state index < -0.39 is 66.7 Å². The van der Waals surface area contributed by atoms with Gasteiger partial charge in [-0.25, -0.2) is 32.3 Å². The maximum absolute atomic E-state index is 15.7. The molecule has 6 nitrogen and oxygen atoms in total. The second kappa shape index (κ2) is 8.62. The number of nitrogen functional groups attached to an aromatic ring is 1. The molecule has 0 aliphatic carbocycles. The van der Waals surface area contributed by atoms with Crippen molar-refractivity contribution >= 4 is 26.9 Å². The maximum Gasteiger partial charge on any atom is 0.417 e. The number of fused-ring (bicyclic) bond motifs is 1. The molecule has 0 saturated heterocycles. The highest BCUT2D eigenvalue weighted by Gasteiger charge is 2.42. The number of aromatic nitrogens is 2. The molecule has 0 atom stereocenters. The van der Waals surface area contributed by atoms with Crippen molar-refractivity contribution < 1.29 is 43.5 Å². The number of rotatable bonds is 3. The van der Waals surface area contributed by atoms with E-state index in [9.17, 15) is 39.2 Å². The second-order valence-electron chi connectivity index (χ2n) is 7.72. The lowest BCUT2D eigenvalue weighted by Gasteiger charge is -2.20. The van der Waals surface area contributed by atoms with Crippen molar-refractivity contribution in [2.45, 2.75) is 17.2 Å².